The molecule has 0 aliphatic carbocycles. The van der Waals surface area contributed by atoms with Gasteiger partial charge in [-0.05, 0) is 44.5 Å². The third kappa shape index (κ3) is 4.66. The molecule has 7 heteroatoms. The Morgan fingerprint density at radius 2 is 1.86 bits per heavy atom. The predicted octanol–water partition coefficient (Wildman–Crippen LogP) is 4.87. The number of nitrogens with one attached hydrogen (secondary N) is 1. The lowest BCUT2D eigenvalue weighted by molar-refractivity contribution is 0.0935. The predicted molar refractivity (Wildman–Crippen MR) is 112 cm³/mol. The van der Waals surface area contributed by atoms with Gasteiger partial charge in [-0.1, -0.05) is 41.9 Å². The molecule has 0 spiro atoms. The molecule has 150 valence electrons. The van der Waals surface area contributed by atoms with E-state index >= 15 is 0 Å². The van der Waals surface area contributed by atoms with Crippen LogP contribution < -0.4 is 10.1 Å². The van der Waals surface area contributed by atoms with Crippen LogP contribution in [0.25, 0.3) is 0 Å². The molecular weight excluding hydrogens is 390 g/mol. The number of nitrogens with zero attached hydrogens (tertiary/aromatic N) is 2. The van der Waals surface area contributed by atoms with Crippen LogP contribution in [0.2, 0.25) is 5.02 Å². The minimum atomic E-state index is -0.296. The molecule has 2 aromatic carbocycles. The van der Waals surface area contributed by atoms with E-state index in [0.29, 0.717) is 33.5 Å². The van der Waals surface area contributed by atoms with Gasteiger partial charge in [0.2, 0.25) is 5.88 Å². The highest BCUT2D eigenvalue weighted by Crippen LogP contribution is 2.29. The van der Waals surface area contributed by atoms with Crippen LogP contribution >= 0.6 is 11.6 Å². The van der Waals surface area contributed by atoms with Crippen LogP contribution in [0, 0.1) is 6.92 Å². The second-order valence-electron chi connectivity index (χ2n) is 6.82. The molecule has 1 heterocycles. The third-order valence-electron chi connectivity index (χ3n) is 4.57. The maximum absolute atomic E-state index is 13.0. The van der Waals surface area contributed by atoms with Gasteiger partial charge in [-0.25, -0.2) is 4.68 Å². The molecule has 0 saturated heterocycles. The molecule has 1 aromatic heterocycles. The van der Waals surface area contributed by atoms with E-state index in [4.69, 9.17) is 16.3 Å². The van der Waals surface area contributed by atoms with Crippen molar-refractivity contribution >= 4 is 23.3 Å². The lowest BCUT2D eigenvalue weighted by Gasteiger charge is -2.15. The summed E-state index contributed by atoms with van der Waals surface area (Å²) in [6, 6.07) is 13.9. The van der Waals surface area contributed by atoms with Gasteiger partial charge in [-0.15, -0.1) is 0 Å². The van der Waals surface area contributed by atoms with Crippen molar-refractivity contribution in [3.05, 3.63) is 75.9 Å². The molecule has 0 radical (unpaired) electrons. The fourth-order valence-corrected chi connectivity index (χ4v) is 3.20. The SMILES string of the molecule is CC(=O)c1ccc([C@H](C)NC(=O)c2c(C)nn(C)c2Oc2cccc(Cl)c2)cc1. The zero-order valence-electron chi connectivity index (χ0n) is 16.7. The van der Waals surface area contributed by atoms with E-state index in [0.717, 1.165) is 5.56 Å². The van der Waals surface area contributed by atoms with Crippen molar-refractivity contribution in [3.63, 3.8) is 0 Å². The number of carbonyl (C=O) groups excluding carboxylic acids is 2. The molecule has 3 aromatic rings. The van der Waals surface area contributed by atoms with Gasteiger partial charge < -0.3 is 10.1 Å². The molecular formula is C22H22ClN3O3. The van der Waals surface area contributed by atoms with Gasteiger partial charge in [0, 0.05) is 17.6 Å². The first-order valence-electron chi connectivity index (χ1n) is 9.15. The summed E-state index contributed by atoms with van der Waals surface area (Å²) in [6.07, 6.45) is 0. The summed E-state index contributed by atoms with van der Waals surface area (Å²) in [4.78, 5) is 24.4. The van der Waals surface area contributed by atoms with Gasteiger partial charge in [0.15, 0.2) is 5.78 Å². The largest absolute Gasteiger partial charge is 0.438 e. The van der Waals surface area contributed by atoms with Gasteiger partial charge in [-0.2, -0.15) is 5.10 Å². The number of ketones is 1. The van der Waals surface area contributed by atoms with Gasteiger partial charge >= 0.3 is 0 Å². The first-order valence-corrected chi connectivity index (χ1v) is 9.53. The van der Waals surface area contributed by atoms with Crippen molar-refractivity contribution in [3.8, 4) is 11.6 Å². The summed E-state index contributed by atoms with van der Waals surface area (Å²) in [5.41, 5.74) is 2.44. The molecule has 0 bridgehead atoms. The summed E-state index contributed by atoms with van der Waals surface area (Å²) in [7, 11) is 1.72. The number of hydrogen-bond acceptors (Lipinski definition) is 4. The van der Waals surface area contributed by atoms with E-state index < -0.39 is 0 Å². The molecule has 1 atom stereocenters. The first kappa shape index (κ1) is 20.6. The van der Waals surface area contributed by atoms with E-state index in [1.54, 1.807) is 50.4 Å². The molecule has 0 aliphatic heterocycles. The van der Waals surface area contributed by atoms with Crippen molar-refractivity contribution in [1.29, 1.82) is 0 Å². The average Bonchev–Trinajstić information content (AvgIpc) is 2.95. The summed E-state index contributed by atoms with van der Waals surface area (Å²) >= 11 is 6.02. The van der Waals surface area contributed by atoms with E-state index in [1.165, 1.54) is 11.6 Å². The van der Waals surface area contributed by atoms with Crippen LogP contribution in [-0.4, -0.2) is 21.5 Å². The van der Waals surface area contributed by atoms with Crippen LogP contribution in [-0.2, 0) is 7.05 Å². The molecule has 6 nitrogen and oxygen atoms in total. The number of carbonyl (C=O) groups is 2. The summed E-state index contributed by atoms with van der Waals surface area (Å²) in [5, 5.41) is 7.83. The number of rotatable bonds is 6. The molecule has 0 unspecified atom stereocenters. The van der Waals surface area contributed by atoms with Gasteiger partial charge in [0.05, 0.1) is 11.7 Å². The fourth-order valence-electron chi connectivity index (χ4n) is 3.02. The highest BCUT2D eigenvalue weighted by molar-refractivity contribution is 6.30. The first-order chi connectivity index (χ1) is 13.8. The van der Waals surface area contributed by atoms with Crippen LogP contribution in [0.5, 0.6) is 11.6 Å². The minimum Gasteiger partial charge on any atom is -0.438 e. The van der Waals surface area contributed by atoms with Crippen LogP contribution in [0.4, 0.5) is 0 Å². The highest BCUT2D eigenvalue weighted by Gasteiger charge is 2.24. The number of benzene rings is 2. The lowest BCUT2D eigenvalue weighted by Crippen LogP contribution is -2.27. The number of ether oxygens (including phenoxy) is 1. The molecule has 1 N–H and O–H groups in total. The smallest absolute Gasteiger partial charge is 0.259 e. The van der Waals surface area contributed by atoms with Crippen molar-refractivity contribution in [2.75, 3.05) is 0 Å². The van der Waals surface area contributed by atoms with E-state index in [-0.39, 0.29) is 17.7 Å². The highest BCUT2D eigenvalue weighted by atomic mass is 35.5. The monoisotopic (exact) mass is 411 g/mol. The number of hydrogen-bond donors (Lipinski definition) is 1. The Balaban J connectivity index is 1.82. The normalized spacial score (nSPS) is 11.8. The number of aryl methyl sites for hydroxylation is 2. The Labute approximate surface area is 174 Å². The third-order valence-corrected chi connectivity index (χ3v) is 4.81. The zero-order chi connectivity index (χ0) is 21.1. The summed E-state index contributed by atoms with van der Waals surface area (Å²) in [5.74, 6) is 0.557. The molecule has 1 amide bonds. The summed E-state index contributed by atoms with van der Waals surface area (Å²) in [6.45, 7) is 5.16. The lowest BCUT2D eigenvalue weighted by atomic mass is 10.0. The Bertz CT molecular complexity index is 1060. The van der Waals surface area contributed by atoms with Crippen molar-refractivity contribution < 1.29 is 14.3 Å². The van der Waals surface area contributed by atoms with Crippen LogP contribution in [0.1, 0.15) is 51.9 Å². The standard InChI is InChI=1S/C22H22ClN3O3/c1-13(16-8-10-17(11-9-16)15(3)27)24-21(28)20-14(2)25-26(4)22(20)29-19-7-5-6-18(23)12-19/h5-13H,1-4H3,(H,24,28)/t13-/m0/s1. The van der Waals surface area contributed by atoms with Crippen molar-refractivity contribution in [2.24, 2.45) is 7.05 Å². The molecule has 0 saturated carbocycles. The Morgan fingerprint density at radius 1 is 1.17 bits per heavy atom. The average molecular weight is 412 g/mol. The number of amides is 1. The van der Waals surface area contributed by atoms with Crippen LogP contribution in [0.3, 0.4) is 0 Å². The second kappa shape index (κ2) is 8.49. The van der Waals surface area contributed by atoms with E-state index in [9.17, 15) is 9.59 Å². The fraction of sp³-hybridized carbons (Fsp3) is 0.227. The maximum atomic E-state index is 13.0. The number of halogens is 1. The maximum Gasteiger partial charge on any atom is 0.259 e. The molecule has 0 fully saturated rings. The van der Waals surface area contributed by atoms with E-state index in [1.807, 2.05) is 19.1 Å². The second-order valence-corrected chi connectivity index (χ2v) is 7.26. The van der Waals surface area contributed by atoms with Gasteiger partial charge in [0.25, 0.3) is 5.91 Å². The topological polar surface area (TPSA) is 73.2 Å². The zero-order valence-corrected chi connectivity index (χ0v) is 17.4. The molecule has 3 rings (SSSR count). The number of Topliss-reactive ketones (excluding diaryl/α,β-unsaturated/α-hetero) is 1. The van der Waals surface area contributed by atoms with Crippen molar-refractivity contribution in [1.82, 2.24) is 15.1 Å². The Kier molecular flexibility index (Phi) is 6.03. The van der Waals surface area contributed by atoms with Crippen molar-refractivity contribution in [2.45, 2.75) is 26.8 Å². The van der Waals surface area contributed by atoms with Gasteiger partial charge in [-0.3, -0.25) is 9.59 Å². The Hall–Kier alpha value is -3.12. The number of aromatic nitrogens is 2. The van der Waals surface area contributed by atoms with Gasteiger partial charge in [0.1, 0.15) is 11.3 Å². The quantitative estimate of drug-likeness (QED) is 0.587. The minimum absolute atomic E-state index is 0.00188. The molecule has 29 heavy (non-hydrogen) atoms. The Morgan fingerprint density at radius 3 is 2.48 bits per heavy atom. The molecule has 0 aliphatic rings. The van der Waals surface area contributed by atoms with Crippen LogP contribution in [0.15, 0.2) is 48.5 Å². The summed E-state index contributed by atoms with van der Waals surface area (Å²) < 4.78 is 7.44. The van der Waals surface area contributed by atoms with E-state index in [2.05, 4.69) is 10.4 Å².